The monoisotopic (exact) mass is 393 g/mol. The lowest BCUT2D eigenvalue weighted by atomic mass is 10.0. The number of carbonyl (C=O) groups is 1. The largest absolute Gasteiger partial charge is 0.334 e. The molecule has 0 radical (unpaired) electrons. The van der Waals surface area contributed by atoms with Gasteiger partial charge in [-0.05, 0) is 30.5 Å². The van der Waals surface area contributed by atoms with Crippen LogP contribution in [0.5, 0.6) is 0 Å². The molecule has 2 atom stereocenters. The van der Waals surface area contributed by atoms with Gasteiger partial charge in [0.15, 0.2) is 0 Å². The van der Waals surface area contributed by atoms with Gasteiger partial charge in [-0.3, -0.25) is 4.79 Å². The summed E-state index contributed by atoms with van der Waals surface area (Å²) < 4.78 is 0.873. The van der Waals surface area contributed by atoms with E-state index >= 15 is 0 Å². The Labute approximate surface area is 129 Å². The molecule has 0 aliphatic carbocycles. The molecular weight excluding hydrogens is 381 g/mol. The van der Waals surface area contributed by atoms with E-state index in [1.54, 1.807) is 12.1 Å². The molecular formula is C13H14Br2ClNO. The second kappa shape index (κ2) is 5.93. The van der Waals surface area contributed by atoms with Gasteiger partial charge in [0.2, 0.25) is 0 Å². The summed E-state index contributed by atoms with van der Waals surface area (Å²) >= 11 is 13.0. The number of hydrogen-bond donors (Lipinski definition) is 0. The zero-order valence-electron chi connectivity index (χ0n) is 10.00. The Hall–Kier alpha value is -0.0600. The summed E-state index contributed by atoms with van der Waals surface area (Å²) in [6, 6.07) is 5.64. The van der Waals surface area contributed by atoms with E-state index < -0.39 is 0 Å². The van der Waals surface area contributed by atoms with Crippen molar-refractivity contribution < 1.29 is 4.79 Å². The lowest BCUT2D eigenvalue weighted by molar-refractivity contribution is 0.0739. The van der Waals surface area contributed by atoms with Gasteiger partial charge in [0.1, 0.15) is 0 Å². The van der Waals surface area contributed by atoms with Gasteiger partial charge in [-0.2, -0.15) is 0 Å². The van der Waals surface area contributed by atoms with E-state index in [0.717, 1.165) is 22.8 Å². The molecule has 2 rings (SSSR count). The molecule has 5 heteroatoms. The lowest BCUT2D eigenvalue weighted by Gasteiger charge is -2.25. The van der Waals surface area contributed by atoms with Crippen molar-refractivity contribution >= 4 is 49.4 Å². The first-order chi connectivity index (χ1) is 8.54. The molecule has 18 heavy (non-hydrogen) atoms. The summed E-state index contributed by atoms with van der Waals surface area (Å²) in [5, 5.41) is 1.32. The fourth-order valence-electron chi connectivity index (χ4n) is 2.31. The van der Waals surface area contributed by atoms with Gasteiger partial charge >= 0.3 is 0 Å². The minimum absolute atomic E-state index is 0.0232. The fraction of sp³-hybridized carbons (Fsp3) is 0.462. The van der Waals surface area contributed by atoms with E-state index in [1.807, 2.05) is 11.0 Å². The highest BCUT2D eigenvalue weighted by molar-refractivity contribution is 9.10. The molecule has 0 saturated carbocycles. The molecule has 0 aromatic heterocycles. The smallest absolute Gasteiger partial charge is 0.255 e. The Balaban J connectivity index is 2.28. The summed E-state index contributed by atoms with van der Waals surface area (Å²) in [6.07, 6.45) is 1.05. The molecule has 0 bridgehead atoms. The third-order valence-corrected chi connectivity index (χ3v) is 4.95. The Morgan fingerprint density at radius 2 is 2.28 bits per heavy atom. The van der Waals surface area contributed by atoms with Crippen LogP contribution >= 0.6 is 43.5 Å². The van der Waals surface area contributed by atoms with Crippen molar-refractivity contribution in [3.05, 3.63) is 33.3 Å². The number of rotatable bonds is 2. The van der Waals surface area contributed by atoms with Crippen LogP contribution in [0.3, 0.4) is 0 Å². The maximum atomic E-state index is 12.5. The summed E-state index contributed by atoms with van der Waals surface area (Å²) in [5.74, 6) is 0.550. The molecule has 2 unspecified atom stereocenters. The van der Waals surface area contributed by atoms with E-state index in [0.29, 0.717) is 16.5 Å². The predicted octanol–water partition coefficient (Wildman–Crippen LogP) is 4.35. The van der Waals surface area contributed by atoms with Crippen molar-refractivity contribution in [3.63, 3.8) is 0 Å². The van der Waals surface area contributed by atoms with Crippen LogP contribution in [0, 0.1) is 5.92 Å². The van der Waals surface area contributed by atoms with E-state index in [4.69, 9.17) is 11.6 Å². The van der Waals surface area contributed by atoms with Crippen molar-refractivity contribution in [1.82, 2.24) is 4.90 Å². The molecule has 2 nitrogen and oxygen atoms in total. The van der Waals surface area contributed by atoms with Crippen LogP contribution in [0.2, 0.25) is 5.02 Å². The van der Waals surface area contributed by atoms with Crippen LogP contribution in [0.1, 0.15) is 23.7 Å². The summed E-state index contributed by atoms with van der Waals surface area (Å²) in [4.78, 5) is 14.5. The molecule has 1 heterocycles. The third kappa shape index (κ3) is 2.75. The second-order valence-corrected chi connectivity index (χ2v) is 6.58. The summed E-state index contributed by atoms with van der Waals surface area (Å²) in [5.41, 5.74) is 0.575. The van der Waals surface area contributed by atoms with Gasteiger partial charge in [-0.15, -0.1) is 0 Å². The van der Waals surface area contributed by atoms with Crippen molar-refractivity contribution in [2.45, 2.75) is 19.4 Å². The van der Waals surface area contributed by atoms with Crippen LogP contribution in [0.25, 0.3) is 0 Å². The van der Waals surface area contributed by atoms with Gasteiger partial charge in [-0.25, -0.2) is 0 Å². The van der Waals surface area contributed by atoms with Gasteiger partial charge in [0.25, 0.3) is 5.91 Å². The number of nitrogens with zero attached hydrogens (tertiary/aromatic N) is 1. The van der Waals surface area contributed by atoms with Crippen molar-refractivity contribution in [2.75, 3.05) is 11.9 Å². The molecule has 1 aliphatic heterocycles. The minimum Gasteiger partial charge on any atom is -0.334 e. The molecule has 1 aliphatic rings. The summed E-state index contributed by atoms with van der Waals surface area (Å²) in [7, 11) is 0. The van der Waals surface area contributed by atoms with Crippen LogP contribution < -0.4 is 0 Å². The molecule has 1 saturated heterocycles. The van der Waals surface area contributed by atoms with Crippen LogP contribution in [0.15, 0.2) is 22.7 Å². The SMILES string of the molecule is CC1CCN(C(=O)c2cc(Br)ccc2Cl)C1CBr. The number of amides is 1. The van der Waals surface area contributed by atoms with E-state index in [2.05, 4.69) is 38.8 Å². The predicted molar refractivity (Wildman–Crippen MR) is 81.6 cm³/mol. The van der Waals surface area contributed by atoms with Gasteiger partial charge < -0.3 is 4.90 Å². The topological polar surface area (TPSA) is 20.3 Å². The summed E-state index contributed by atoms with van der Waals surface area (Å²) in [6.45, 7) is 2.99. The second-order valence-electron chi connectivity index (χ2n) is 4.61. The maximum absolute atomic E-state index is 12.5. The molecule has 98 valence electrons. The number of carbonyl (C=O) groups excluding carboxylic acids is 1. The number of alkyl halides is 1. The fourth-order valence-corrected chi connectivity index (χ4v) is 3.86. The average molecular weight is 396 g/mol. The van der Waals surface area contributed by atoms with Crippen LogP contribution in [-0.4, -0.2) is 28.7 Å². The molecule has 0 N–H and O–H groups in total. The van der Waals surface area contributed by atoms with Crippen molar-refractivity contribution in [1.29, 1.82) is 0 Å². The van der Waals surface area contributed by atoms with E-state index in [1.165, 1.54) is 0 Å². The number of benzene rings is 1. The number of hydrogen-bond acceptors (Lipinski definition) is 1. The Morgan fingerprint density at radius 1 is 1.56 bits per heavy atom. The third-order valence-electron chi connectivity index (χ3n) is 3.46. The highest BCUT2D eigenvalue weighted by Gasteiger charge is 2.34. The standard InChI is InChI=1S/C13H14Br2ClNO/c1-8-4-5-17(12(8)7-14)13(18)10-6-9(15)2-3-11(10)16/h2-3,6,8,12H,4-5,7H2,1H3. The number of halogens is 3. The van der Waals surface area contributed by atoms with Crippen molar-refractivity contribution in [3.8, 4) is 0 Å². The Morgan fingerprint density at radius 3 is 2.94 bits per heavy atom. The van der Waals surface area contributed by atoms with Gasteiger partial charge in [-0.1, -0.05) is 50.4 Å². The van der Waals surface area contributed by atoms with E-state index in [-0.39, 0.29) is 11.9 Å². The zero-order chi connectivity index (χ0) is 13.3. The van der Waals surface area contributed by atoms with Crippen molar-refractivity contribution in [2.24, 2.45) is 5.92 Å². The molecule has 1 amide bonds. The average Bonchev–Trinajstić information content (AvgIpc) is 2.72. The Bertz CT molecular complexity index is 466. The number of likely N-dealkylation sites (tertiary alicyclic amines) is 1. The zero-order valence-corrected chi connectivity index (χ0v) is 13.9. The highest BCUT2D eigenvalue weighted by Crippen LogP contribution is 2.29. The first-order valence-corrected chi connectivity index (χ1v) is 8.16. The molecule has 0 spiro atoms. The van der Waals surface area contributed by atoms with Crippen LogP contribution in [0.4, 0.5) is 0 Å². The molecule has 1 aromatic carbocycles. The molecule has 1 fully saturated rings. The normalized spacial score (nSPS) is 23.4. The Kier molecular flexibility index (Phi) is 4.73. The highest BCUT2D eigenvalue weighted by atomic mass is 79.9. The van der Waals surface area contributed by atoms with E-state index in [9.17, 15) is 4.79 Å². The lowest BCUT2D eigenvalue weighted by Crippen LogP contribution is -2.38. The minimum atomic E-state index is 0.0232. The molecule has 1 aromatic rings. The maximum Gasteiger partial charge on any atom is 0.255 e. The van der Waals surface area contributed by atoms with Gasteiger partial charge in [0.05, 0.1) is 10.6 Å². The van der Waals surface area contributed by atoms with Crippen LogP contribution in [-0.2, 0) is 0 Å². The first kappa shape index (κ1) is 14.4. The quantitative estimate of drug-likeness (QED) is 0.682. The first-order valence-electron chi connectivity index (χ1n) is 5.86. The van der Waals surface area contributed by atoms with Gasteiger partial charge in [0, 0.05) is 22.4 Å².